The molecule has 82 valence electrons. The van der Waals surface area contributed by atoms with Crippen LogP contribution < -0.4 is 0 Å². The highest BCUT2D eigenvalue weighted by Gasteiger charge is 2.36. The topological polar surface area (TPSA) is 21.6 Å². The second-order valence-electron chi connectivity index (χ2n) is 3.90. The van der Waals surface area contributed by atoms with Crippen molar-refractivity contribution >= 4 is 6.21 Å². The minimum atomic E-state index is -0.850. The molecule has 14 heavy (non-hydrogen) atoms. The fraction of sp³-hybridized carbons (Fsp3) is 0.909. The maximum Gasteiger partial charge on any atom is 0.128 e. The van der Waals surface area contributed by atoms with Gasteiger partial charge in [0.15, 0.2) is 0 Å². The summed E-state index contributed by atoms with van der Waals surface area (Å²) in [7, 11) is 1.59. The van der Waals surface area contributed by atoms with Gasteiger partial charge in [-0.15, -0.1) is 0 Å². The van der Waals surface area contributed by atoms with Crippen molar-refractivity contribution in [2.75, 3.05) is 7.11 Å². The fourth-order valence-corrected chi connectivity index (χ4v) is 2.23. The zero-order valence-electron chi connectivity index (χ0n) is 9.24. The molecule has 2 nitrogen and oxygen atoms in total. The Hall–Kier alpha value is -0.440. The fourth-order valence-electron chi connectivity index (χ4n) is 2.23. The first kappa shape index (κ1) is 11.6. The summed E-state index contributed by atoms with van der Waals surface area (Å²) in [4.78, 5) is 4.33. The average Bonchev–Trinajstić information content (AvgIpc) is 2.19. The number of rotatable bonds is 3. The molecule has 0 bridgehead atoms. The van der Waals surface area contributed by atoms with Crippen molar-refractivity contribution in [3.8, 4) is 0 Å². The summed E-state index contributed by atoms with van der Waals surface area (Å²) in [6.45, 7) is 4.02. The predicted octanol–water partition coefficient (Wildman–Crippen LogP) is 2.62. The Bertz CT molecular complexity index is 196. The molecule has 0 saturated heterocycles. The van der Waals surface area contributed by atoms with Crippen LogP contribution in [0.4, 0.5) is 4.39 Å². The first-order valence-electron chi connectivity index (χ1n) is 5.37. The van der Waals surface area contributed by atoms with Crippen LogP contribution >= 0.6 is 0 Å². The zero-order chi connectivity index (χ0) is 10.6. The van der Waals surface area contributed by atoms with Crippen LogP contribution in [0.1, 0.15) is 33.1 Å². The molecule has 1 aliphatic carbocycles. The van der Waals surface area contributed by atoms with E-state index in [0.717, 1.165) is 12.8 Å². The van der Waals surface area contributed by atoms with Crippen LogP contribution in [0.15, 0.2) is 4.99 Å². The molecular formula is C11H20FNO. The van der Waals surface area contributed by atoms with Gasteiger partial charge in [0.05, 0.1) is 12.1 Å². The second-order valence-corrected chi connectivity index (χ2v) is 3.90. The lowest BCUT2D eigenvalue weighted by Crippen LogP contribution is -2.39. The minimum absolute atomic E-state index is 0.159. The summed E-state index contributed by atoms with van der Waals surface area (Å²) >= 11 is 0. The number of alkyl halides is 1. The lowest BCUT2D eigenvalue weighted by atomic mass is 9.80. The highest BCUT2D eigenvalue weighted by Crippen LogP contribution is 2.32. The van der Waals surface area contributed by atoms with E-state index in [1.807, 2.05) is 6.92 Å². The monoisotopic (exact) mass is 201 g/mol. The lowest BCUT2D eigenvalue weighted by Gasteiger charge is -2.35. The highest BCUT2D eigenvalue weighted by molar-refractivity contribution is 5.53. The number of aliphatic imine (C=N–C) groups is 1. The third kappa shape index (κ3) is 2.53. The van der Waals surface area contributed by atoms with Gasteiger partial charge in [0, 0.05) is 13.5 Å². The molecule has 0 aromatic heterocycles. The van der Waals surface area contributed by atoms with Crippen LogP contribution in [-0.4, -0.2) is 31.6 Å². The maximum absolute atomic E-state index is 13.5. The zero-order valence-corrected chi connectivity index (χ0v) is 9.24. The van der Waals surface area contributed by atoms with E-state index in [1.165, 1.54) is 0 Å². The molecule has 0 spiro atoms. The van der Waals surface area contributed by atoms with Crippen molar-refractivity contribution in [1.29, 1.82) is 0 Å². The number of hydrogen-bond donors (Lipinski definition) is 0. The summed E-state index contributed by atoms with van der Waals surface area (Å²) in [6, 6.07) is 0.159. The molecule has 0 aromatic carbocycles. The number of nitrogens with zero attached hydrogens (tertiary/aromatic N) is 1. The Kier molecular flexibility index (Phi) is 4.52. The van der Waals surface area contributed by atoms with Gasteiger partial charge >= 0.3 is 0 Å². The van der Waals surface area contributed by atoms with Crippen LogP contribution in [-0.2, 0) is 4.74 Å². The van der Waals surface area contributed by atoms with E-state index >= 15 is 0 Å². The molecule has 3 heteroatoms. The van der Waals surface area contributed by atoms with Crippen molar-refractivity contribution in [3.63, 3.8) is 0 Å². The number of halogens is 1. The summed E-state index contributed by atoms with van der Waals surface area (Å²) < 4.78 is 18.7. The molecule has 0 N–H and O–H groups in total. The van der Waals surface area contributed by atoms with Crippen LogP contribution in [0.5, 0.6) is 0 Å². The Balaban J connectivity index is 2.62. The summed E-state index contributed by atoms with van der Waals surface area (Å²) in [5.74, 6) is 0.475. The van der Waals surface area contributed by atoms with E-state index < -0.39 is 6.17 Å². The van der Waals surface area contributed by atoms with E-state index in [-0.39, 0.29) is 12.1 Å². The lowest BCUT2D eigenvalue weighted by molar-refractivity contribution is -0.0183. The first-order chi connectivity index (χ1) is 6.72. The standard InChI is InChI=1S/C11H20FNO/c1-4-8-6-11(14-3)9(12)7-10(8)13-5-2/h5,8-11H,4,6-7H2,1-3H3. The van der Waals surface area contributed by atoms with Crippen LogP contribution in [0, 0.1) is 5.92 Å². The summed E-state index contributed by atoms with van der Waals surface area (Å²) in [5, 5.41) is 0. The molecule has 0 heterocycles. The van der Waals surface area contributed by atoms with Gasteiger partial charge in [-0.05, 0) is 25.5 Å². The molecule has 0 radical (unpaired) electrons. The molecule has 1 saturated carbocycles. The van der Waals surface area contributed by atoms with Gasteiger partial charge in [-0.3, -0.25) is 4.99 Å². The number of hydrogen-bond acceptors (Lipinski definition) is 2. The smallest absolute Gasteiger partial charge is 0.128 e. The SMILES string of the molecule is CC=NC1CC(F)C(OC)CC1CC. The molecule has 1 aliphatic rings. The van der Waals surface area contributed by atoms with Gasteiger partial charge in [0.25, 0.3) is 0 Å². The van der Waals surface area contributed by atoms with Crippen molar-refractivity contribution in [1.82, 2.24) is 0 Å². The van der Waals surface area contributed by atoms with Crippen LogP contribution in [0.25, 0.3) is 0 Å². The van der Waals surface area contributed by atoms with Gasteiger partial charge in [0.2, 0.25) is 0 Å². The molecule has 0 aromatic rings. The Labute approximate surface area is 85.6 Å². The average molecular weight is 201 g/mol. The third-order valence-electron chi connectivity index (χ3n) is 3.12. The largest absolute Gasteiger partial charge is 0.378 e. The van der Waals surface area contributed by atoms with E-state index in [0.29, 0.717) is 12.3 Å². The van der Waals surface area contributed by atoms with E-state index in [9.17, 15) is 4.39 Å². The quantitative estimate of drug-likeness (QED) is 0.643. The highest BCUT2D eigenvalue weighted by atomic mass is 19.1. The predicted molar refractivity (Wildman–Crippen MR) is 56.7 cm³/mol. The Morgan fingerprint density at radius 3 is 2.71 bits per heavy atom. The van der Waals surface area contributed by atoms with Crippen molar-refractivity contribution in [3.05, 3.63) is 0 Å². The summed E-state index contributed by atoms with van der Waals surface area (Å²) in [6.07, 6.45) is 3.08. The van der Waals surface area contributed by atoms with Gasteiger partial charge in [0.1, 0.15) is 6.17 Å². The van der Waals surface area contributed by atoms with Crippen molar-refractivity contribution in [2.24, 2.45) is 10.9 Å². The molecular weight excluding hydrogens is 181 g/mol. The second kappa shape index (κ2) is 5.44. The number of ether oxygens (including phenoxy) is 1. The Morgan fingerprint density at radius 2 is 2.21 bits per heavy atom. The van der Waals surface area contributed by atoms with Gasteiger partial charge in [-0.25, -0.2) is 4.39 Å². The molecule has 0 amide bonds. The van der Waals surface area contributed by atoms with E-state index in [4.69, 9.17) is 4.74 Å². The van der Waals surface area contributed by atoms with Gasteiger partial charge in [-0.1, -0.05) is 13.3 Å². The first-order valence-corrected chi connectivity index (χ1v) is 5.37. The summed E-state index contributed by atoms with van der Waals surface area (Å²) in [5.41, 5.74) is 0. The number of methoxy groups -OCH3 is 1. The Morgan fingerprint density at radius 1 is 1.50 bits per heavy atom. The molecule has 1 fully saturated rings. The van der Waals surface area contributed by atoms with Crippen molar-refractivity contribution < 1.29 is 9.13 Å². The molecule has 4 unspecified atom stereocenters. The molecule has 0 aliphatic heterocycles. The molecule has 1 rings (SSSR count). The van der Waals surface area contributed by atoms with Crippen LogP contribution in [0.3, 0.4) is 0 Å². The minimum Gasteiger partial charge on any atom is -0.378 e. The normalized spacial score (nSPS) is 39.1. The molecule has 4 atom stereocenters. The van der Waals surface area contributed by atoms with E-state index in [1.54, 1.807) is 13.3 Å². The van der Waals surface area contributed by atoms with Gasteiger partial charge in [-0.2, -0.15) is 0 Å². The van der Waals surface area contributed by atoms with Gasteiger partial charge < -0.3 is 4.74 Å². The van der Waals surface area contributed by atoms with Crippen LogP contribution in [0.2, 0.25) is 0 Å². The van der Waals surface area contributed by atoms with E-state index in [2.05, 4.69) is 11.9 Å². The van der Waals surface area contributed by atoms with Crippen molar-refractivity contribution in [2.45, 2.75) is 51.4 Å². The maximum atomic E-state index is 13.5. The third-order valence-corrected chi connectivity index (χ3v) is 3.12.